The van der Waals surface area contributed by atoms with Crippen molar-refractivity contribution < 1.29 is 33.2 Å². The molecular weight excluding hydrogens is 730 g/mol. The van der Waals surface area contributed by atoms with Crippen LogP contribution in [0.5, 0.6) is 11.8 Å². The zero-order chi connectivity index (χ0) is 39.6. The summed E-state index contributed by atoms with van der Waals surface area (Å²) >= 11 is 0. The van der Waals surface area contributed by atoms with Crippen molar-refractivity contribution in [3.8, 4) is 23.0 Å². The number of carbonyl (C=O) groups excluding carboxylic acids is 3. The van der Waals surface area contributed by atoms with E-state index in [-0.39, 0.29) is 41.9 Å². The second kappa shape index (κ2) is 14.3. The minimum absolute atomic E-state index is 0.175. The first-order valence-corrected chi connectivity index (χ1v) is 19.7. The number of phenols is 1. The summed E-state index contributed by atoms with van der Waals surface area (Å²) in [7, 11) is 0. The van der Waals surface area contributed by atoms with Gasteiger partial charge in [0.2, 0.25) is 5.91 Å². The van der Waals surface area contributed by atoms with E-state index in [2.05, 4.69) is 43.6 Å². The van der Waals surface area contributed by atoms with Crippen molar-refractivity contribution in [3.05, 3.63) is 81.9 Å². The van der Waals surface area contributed by atoms with Crippen molar-refractivity contribution >= 4 is 34.9 Å². The van der Waals surface area contributed by atoms with Crippen molar-refractivity contribution in [1.82, 2.24) is 30.4 Å². The Morgan fingerprint density at radius 2 is 1.81 bits per heavy atom. The lowest BCUT2D eigenvalue weighted by Gasteiger charge is -2.43. The van der Waals surface area contributed by atoms with Crippen LogP contribution in [0.3, 0.4) is 0 Å². The summed E-state index contributed by atoms with van der Waals surface area (Å²) in [4.78, 5) is 51.9. The molecule has 3 N–H and O–H groups in total. The average molecular weight is 775 g/mol. The highest BCUT2D eigenvalue weighted by molar-refractivity contribution is 6.42. The summed E-state index contributed by atoms with van der Waals surface area (Å²) in [5.74, 6) is -1.17. The number of halogens is 1. The SMILES string of the molecule is CC[C@@]12CNc3nnc(-c4cccc(F)c4O)cc3N1C[C@H](Oc1nc(C)c(CN3CCC(c4ccc5c(c4)C(=O)[N+](=C4CCC(=O)NC4=O)C5)CC3)c(C)n1)C2. The number of imide groups is 1. The van der Waals surface area contributed by atoms with Crippen molar-refractivity contribution in [1.29, 1.82) is 0 Å². The van der Waals surface area contributed by atoms with E-state index in [9.17, 15) is 23.9 Å². The molecular formula is C42H45FN9O5+. The van der Waals surface area contributed by atoms with Crippen molar-refractivity contribution in [2.75, 3.05) is 36.4 Å². The number of aromatic nitrogens is 4. The van der Waals surface area contributed by atoms with Gasteiger partial charge in [-0.3, -0.25) is 19.8 Å². The number of fused-ring (bicyclic) bond motifs is 4. The van der Waals surface area contributed by atoms with Gasteiger partial charge in [0.1, 0.15) is 11.7 Å². The summed E-state index contributed by atoms with van der Waals surface area (Å²) in [5.41, 5.74) is 7.16. The van der Waals surface area contributed by atoms with Crippen LogP contribution in [0, 0.1) is 19.7 Å². The van der Waals surface area contributed by atoms with E-state index in [0.717, 1.165) is 79.1 Å². The van der Waals surface area contributed by atoms with Crippen molar-refractivity contribution in [2.24, 2.45) is 0 Å². The first-order chi connectivity index (χ1) is 27.5. The van der Waals surface area contributed by atoms with E-state index < -0.39 is 17.5 Å². The monoisotopic (exact) mass is 774 g/mol. The molecule has 0 spiro atoms. The van der Waals surface area contributed by atoms with Gasteiger partial charge in [0.15, 0.2) is 23.9 Å². The maximum absolute atomic E-state index is 14.2. The fraction of sp³-hybridized carbons (Fsp3) is 0.429. The predicted octanol–water partition coefficient (Wildman–Crippen LogP) is 4.55. The van der Waals surface area contributed by atoms with Gasteiger partial charge in [-0.15, -0.1) is 10.2 Å². The van der Waals surface area contributed by atoms with Gasteiger partial charge in [-0.05, 0) is 81.9 Å². The quantitative estimate of drug-likeness (QED) is 0.178. The second-order valence-electron chi connectivity index (χ2n) is 15.9. The van der Waals surface area contributed by atoms with Crippen LogP contribution in [0.25, 0.3) is 11.3 Å². The van der Waals surface area contributed by atoms with Gasteiger partial charge in [0.05, 0.1) is 23.5 Å². The standard InChI is InChI=1S/C42H44FN9O5/c1-4-42-18-28(20-52(42)35-17-33(48-49-38(35)44-22-42)29-6-5-7-32(43)37(29)54)57-41-45-23(2)31(24(3)46-41)21-50-14-12-25(13-15-50)26-8-9-27-19-51(40(56)30(27)16-26)34-10-11-36(53)47-39(34)55/h5-9,16-17,25,28H,4,10-15,18-22H2,1-3H3,(H2,47,53,55)/p+1/t28-,42-/m1/s1. The number of hydrogen-bond donors (Lipinski definition) is 3. The molecule has 15 heteroatoms. The number of nitrogens with zero attached hydrogens (tertiary/aromatic N) is 7. The Bertz CT molecular complexity index is 2350. The summed E-state index contributed by atoms with van der Waals surface area (Å²) in [6.07, 6.45) is 3.78. The summed E-state index contributed by atoms with van der Waals surface area (Å²) in [6.45, 7) is 10.3. The minimum atomic E-state index is -0.711. The fourth-order valence-electron chi connectivity index (χ4n) is 9.31. The molecule has 7 heterocycles. The number of nitrogens with one attached hydrogen (secondary N) is 2. The fourth-order valence-corrected chi connectivity index (χ4v) is 9.31. The number of carbonyl (C=O) groups is 3. The predicted molar refractivity (Wildman–Crippen MR) is 208 cm³/mol. The van der Waals surface area contributed by atoms with Gasteiger partial charge >= 0.3 is 17.8 Å². The number of hydrogen-bond acceptors (Lipinski definition) is 12. The van der Waals surface area contributed by atoms with E-state index >= 15 is 0 Å². The number of para-hydroxylation sites is 1. The van der Waals surface area contributed by atoms with Crippen LogP contribution in [0.4, 0.5) is 15.9 Å². The topological polar surface area (TPSA) is 166 Å². The average Bonchev–Trinajstić information content (AvgIpc) is 3.74. The molecule has 0 unspecified atom stereocenters. The van der Waals surface area contributed by atoms with Crippen molar-refractivity contribution in [3.63, 3.8) is 0 Å². The molecule has 3 saturated heterocycles. The van der Waals surface area contributed by atoms with Gasteiger partial charge < -0.3 is 20.1 Å². The van der Waals surface area contributed by atoms with E-state index in [0.29, 0.717) is 54.3 Å². The number of rotatable bonds is 7. The lowest BCUT2D eigenvalue weighted by Crippen LogP contribution is -2.52. The van der Waals surface area contributed by atoms with Crippen LogP contribution in [-0.4, -0.2) is 96.0 Å². The molecule has 2 aromatic carbocycles. The highest BCUT2D eigenvalue weighted by atomic mass is 19.1. The Morgan fingerprint density at radius 3 is 2.56 bits per heavy atom. The molecule has 9 rings (SSSR count). The third-order valence-corrected chi connectivity index (χ3v) is 12.6. The third kappa shape index (κ3) is 6.56. The summed E-state index contributed by atoms with van der Waals surface area (Å²) in [5, 5.41) is 24.9. The minimum Gasteiger partial charge on any atom is -0.504 e. The number of piperidine rings is 2. The molecule has 2 atom stereocenters. The van der Waals surface area contributed by atoms with E-state index in [1.54, 1.807) is 12.1 Å². The number of aromatic hydroxyl groups is 1. The normalized spacial score (nSPS) is 23.5. The molecule has 0 saturated carbocycles. The zero-order valence-corrected chi connectivity index (χ0v) is 32.3. The maximum Gasteiger partial charge on any atom is 0.420 e. The molecule has 14 nitrogen and oxygen atoms in total. The van der Waals surface area contributed by atoms with Crippen LogP contribution in [0.2, 0.25) is 0 Å². The number of aryl methyl sites for hydroxylation is 2. The summed E-state index contributed by atoms with van der Waals surface area (Å²) < 4.78 is 22.2. The van der Waals surface area contributed by atoms with Gasteiger partial charge in [0, 0.05) is 60.4 Å². The smallest absolute Gasteiger partial charge is 0.420 e. The molecule has 0 aliphatic carbocycles. The lowest BCUT2D eigenvalue weighted by molar-refractivity contribution is -0.438. The molecule has 0 radical (unpaired) electrons. The molecule has 57 heavy (non-hydrogen) atoms. The maximum atomic E-state index is 14.2. The molecule has 4 aromatic rings. The summed E-state index contributed by atoms with van der Waals surface area (Å²) in [6, 6.07) is 12.7. The molecule has 0 bridgehead atoms. The largest absolute Gasteiger partial charge is 0.504 e. The van der Waals surface area contributed by atoms with Crippen LogP contribution in [0.15, 0.2) is 42.5 Å². The number of ether oxygens (including phenoxy) is 1. The first kappa shape index (κ1) is 36.8. The molecule has 5 aliphatic rings. The lowest BCUT2D eigenvalue weighted by atomic mass is 9.87. The van der Waals surface area contributed by atoms with E-state index in [1.807, 2.05) is 32.0 Å². The molecule has 2 aromatic heterocycles. The first-order valence-electron chi connectivity index (χ1n) is 19.7. The molecule has 5 aliphatic heterocycles. The van der Waals surface area contributed by atoms with Gasteiger partial charge in [-0.1, -0.05) is 25.1 Å². The number of likely N-dealkylation sites (tertiary alicyclic amines) is 1. The van der Waals surface area contributed by atoms with Crippen LogP contribution in [-0.2, 0) is 22.7 Å². The van der Waals surface area contributed by atoms with E-state index in [1.165, 1.54) is 10.6 Å². The number of phenolic OH excluding ortho intramolecular Hbond substituents is 1. The zero-order valence-electron chi connectivity index (χ0n) is 32.3. The van der Waals surface area contributed by atoms with E-state index in [4.69, 9.17) is 14.7 Å². The van der Waals surface area contributed by atoms with Crippen molar-refractivity contribution in [2.45, 2.75) is 89.9 Å². The Morgan fingerprint density at radius 1 is 1.02 bits per heavy atom. The van der Waals surface area contributed by atoms with Gasteiger partial charge in [-0.25, -0.2) is 19.2 Å². The molecule has 3 amide bonds. The Balaban J connectivity index is 0.844. The molecule has 3 fully saturated rings. The van der Waals surface area contributed by atoms with Crippen LogP contribution in [0.1, 0.15) is 89.8 Å². The Kier molecular flexibility index (Phi) is 9.21. The number of benzene rings is 2. The number of anilines is 2. The second-order valence-corrected chi connectivity index (χ2v) is 15.9. The van der Waals surface area contributed by atoms with Gasteiger partial charge in [-0.2, -0.15) is 4.58 Å². The number of amides is 3. The highest BCUT2D eigenvalue weighted by Crippen LogP contribution is 2.45. The Hall–Kier alpha value is -5.83. The third-order valence-electron chi connectivity index (χ3n) is 12.6. The highest BCUT2D eigenvalue weighted by Gasteiger charge is 2.49. The Labute approximate surface area is 329 Å². The molecule has 294 valence electrons. The van der Waals surface area contributed by atoms with Crippen LogP contribution < -0.4 is 20.3 Å². The van der Waals surface area contributed by atoms with Crippen LogP contribution >= 0.6 is 0 Å². The van der Waals surface area contributed by atoms with Gasteiger partial charge in [0.25, 0.3) is 5.71 Å².